The van der Waals surface area contributed by atoms with Crippen LogP contribution in [0.2, 0.25) is 6.04 Å². The van der Waals surface area contributed by atoms with Crippen LogP contribution in [0.25, 0.3) is 0 Å². The molecule has 0 amide bonds. The van der Waals surface area contributed by atoms with Crippen LogP contribution in [0.15, 0.2) is 0 Å². The third-order valence-electron chi connectivity index (χ3n) is 0.903. The maximum absolute atomic E-state index is 8.80. The van der Waals surface area contributed by atoms with E-state index in [1.54, 1.807) is 0 Å². The first-order valence-corrected chi connectivity index (χ1v) is 4.63. The van der Waals surface area contributed by atoms with Crippen molar-refractivity contribution in [2.75, 3.05) is 7.11 Å². The van der Waals surface area contributed by atoms with Gasteiger partial charge in [-0.05, 0) is 0 Å². The van der Waals surface area contributed by atoms with Crippen LogP contribution in [0.5, 0.6) is 0 Å². The van der Waals surface area contributed by atoms with Crippen LogP contribution < -0.4 is 0 Å². The average Bonchev–Trinajstić information content (AvgIpc) is 1.67. The summed E-state index contributed by atoms with van der Waals surface area (Å²) in [5.74, 6) is 0. The van der Waals surface area contributed by atoms with Crippen LogP contribution in [0.1, 0.15) is 13.3 Å². The zero-order valence-corrected chi connectivity index (χ0v) is 6.22. The molecule has 0 saturated heterocycles. The summed E-state index contributed by atoms with van der Waals surface area (Å²) in [6.45, 7) is 1.88. The molecule has 0 rings (SSSR count). The number of rotatable bonds is 3. The maximum atomic E-state index is 8.80. The van der Waals surface area contributed by atoms with Crippen LogP contribution >= 0.6 is 0 Å². The van der Waals surface area contributed by atoms with Crippen molar-refractivity contribution in [1.29, 1.82) is 0 Å². The second kappa shape index (κ2) is 3.19. The molecule has 4 heteroatoms. The van der Waals surface area contributed by atoms with Gasteiger partial charge in [0.15, 0.2) is 0 Å². The Morgan fingerprint density at radius 3 is 2.12 bits per heavy atom. The SMILES string of the molecule is CCC[Si](O)(O)OC. The molecule has 2 N–H and O–H groups in total. The molecule has 0 unspecified atom stereocenters. The summed E-state index contributed by atoms with van der Waals surface area (Å²) in [6.07, 6.45) is 0.757. The van der Waals surface area contributed by atoms with E-state index >= 15 is 0 Å². The van der Waals surface area contributed by atoms with E-state index < -0.39 is 8.80 Å². The van der Waals surface area contributed by atoms with Crippen molar-refractivity contribution in [2.45, 2.75) is 19.4 Å². The topological polar surface area (TPSA) is 49.7 Å². The molecule has 0 aromatic carbocycles. The molecule has 0 saturated carbocycles. The van der Waals surface area contributed by atoms with Crippen molar-refractivity contribution in [1.82, 2.24) is 0 Å². The van der Waals surface area contributed by atoms with Gasteiger partial charge in [0.25, 0.3) is 0 Å². The molecule has 0 bridgehead atoms. The van der Waals surface area contributed by atoms with E-state index in [9.17, 15) is 0 Å². The van der Waals surface area contributed by atoms with Crippen LogP contribution in [-0.2, 0) is 4.43 Å². The molecular weight excluding hydrogens is 124 g/mol. The first-order valence-electron chi connectivity index (χ1n) is 2.62. The molecule has 0 radical (unpaired) electrons. The predicted molar refractivity (Wildman–Crippen MR) is 32.3 cm³/mol. The Balaban J connectivity index is 3.37. The summed E-state index contributed by atoms with van der Waals surface area (Å²) in [4.78, 5) is 17.6. The van der Waals surface area contributed by atoms with Gasteiger partial charge in [-0.15, -0.1) is 0 Å². The van der Waals surface area contributed by atoms with Gasteiger partial charge in [0, 0.05) is 13.2 Å². The molecule has 0 aromatic heterocycles. The van der Waals surface area contributed by atoms with Gasteiger partial charge in [0.1, 0.15) is 0 Å². The lowest BCUT2D eigenvalue weighted by atomic mass is 10.6. The zero-order valence-electron chi connectivity index (χ0n) is 5.22. The van der Waals surface area contributed by atoms with Gasteiger partial charge in [-0.25, -0.2) is 0 Å². The summed E-state index contributed by atoms with van der Waals surface area (Å²) in [5.41, 5.74) is 0. The van der Waals surface area contributed by atoms with Crippen molar-refractivity contribution in [2.24, 2.45) is 0 Å². The van der Waals surface area contributed by atoms with E-state index in [1.165, 1.54) is 7.11 Å². The van der Waals surface area contributed by atoms with Gasteiger partial charge in [-0.3, -0.25) is 0 Å². The van der Waals surface area contributed by atoms with Crippen LogP contribution in [0, 0.1) is 0 Å². The Hall–Kier alpha value is 0.0969. The molecule has 0 heterocycles. The van der Waals surface area contributed by atoms with Gasteiger partial charge in [0.05, 0.1) is 0 Å². The molecule has 0 aromatic rings. The fraction of sp³-hybridized carbons (Fsp3) is 1.00. The van der Waals surface area contributed by atoms with Gasteiger partial charge >= 0.3 is 8.80 Å². The minimum absolute atomic E-state index is 0.392. The fourth-order valence-corrected chi connectivity index (χ4v) is 1.28. The third kappa shape index (κ3) is 3.14. The molecule has 0 fully saturated rings. The number of hydrogen-bond acceptors (Lipinski definition) is 3. The molecule has 3 nitrogen and oxygen atoms in total. The predicted octanol–water partition coefficient (Wildman–Crippen LogP) is -0.0337. The summed E-state index contributed by atoms with van der Waals surface area (Å²) in [7, 11) is -1.86. The Labute approximate surface area is 50.3 Å². The highest BCUT2D eigenvalue weighted by atomic mass is 28.4. The second-order valence-corrected chi connectivity index (χ2v) is 4.09. The van der Waals surface area contributed by atoms with E-state index in [1.807, 2.05) is 6.92 Å². The highest BCUT2D eigenvalue weighted by Gasteiger charge is 2.28. The molecule has 50 valence electrons. The van der Waals surface area contributed by atoms with Crippen molar-refractivity contribution < 1.29 is 14.0 Å². The third-order valence-corrected chi connectivity index (χ3v) is 2.71. The Morgan fingerprint density at radius 1 is 1.50 bits per heavy atom. The largest absolute Gasteiger partial charge is 0.495 e. The Morgan fingerprint density at radius 2 is 2.00 bits per heavy atom. The molecule has 0 aliphatic rings. The van der Waals surface area contributed by atoms with Gasteiger partial charge in [-0.1, -0.05) is 13.3 Å². The summed E-state index contributed by atoms with van der Waals surface area (Å²) < 4.78 is 4.43. The van der Waals surface area contributed by atoms with Crippen molar-refractivity contribution in [3.63, 3.8) is 0 Å². The molecule has 0 aliphatic carbocycles. The van der Waals surface area contributed by atoms with E-state index in [0.717, 1.165) is 6.42 Å². The second-order valence-electron chi connectivity index (χ2n) is 1.70. The van der Waals surface area contributed by atoms with Gasteiger partial charge < -0.3 is 14.0 Å². The molecule has 0 atom stereocenters. The molecular formula is C4H12O3Si. The first-order chi connectivity index (χ1) is 3.62. The van der Waals surface area contributed by atoms with Crippen molar-refractivity contribution in [3.05, 3.63) is 0 Å². The highest BCUT2D eigenvalue weighted by molar-refractivity contribution is 6.57. The van der Waals surface area contributed by atoms with E-state index in [4.69, 9.17) is 9.59 Å². The van der Waals surface area contributed by atoms with Crippen LogP contribution in [0.4, 0.5) is 0 Å². The normalized spacial score (nSPS) is 12.0. The smallest absolute Gasteiger partial charge is 0.390 e. The lowest BCUT2D eigenvalue weighted by Crippen LogP contribution is -2.36. The van der Waals surface area contributed by atoms with Gasteiger partial charge in [0.2, 0.25) is 0 Å². The molecule has 0 aliphatic heterocycles. The van der Waals surface area contributed by atoms with E-state index in [2.05, 4.69) is 4.43 Å². The summed E-state index contributed by atoms with van der Waals surface area (Å²) in [5, 5.41) is 0. The van der Waals surface area contributed by atoms with Crippen LogP contribution in [0.3, 0.4) is 0 Å². The lowest BCUT2D eigenvalue weighted by Gasteiger charge is -2.11. The minimum Gasteiger partial charge on any atom is -0.390 e. The maximum Gasteiger partial charge on any atom is 0.495 e. The summed E-state index contributed by atoms with van der Waals surface area (Å²) in [6, 6.07) is 0.392. The fourth-order valence-electron chi connectivity index (χ4n) is 0.428. The molecule has 8 heavy (non-hydrogen) atoms. The lowest BCUT2D eigenvalue weighted by molar-refractivity contribution is 0.184. The standard InChI is InChI=1S/C4H12O3Si/c1-3-4-8(5,6)7-2/h5-6H,3-4H2,1-2H3. The Bertz CT molecular complexity index is 64.3. The quantitative estimate of drug-likeness (QED) is 0.535. The minimum atomic E-state index is -3.18. The molecule has 0 spiro atoms. The van der Waals surface area contributed by atoms with Crippen molar-refractivity contribution in [3.8, 4) is 0 Å². The van der Waals surface area contributed by atoms with Crippen LogP contribution in [-0.4, -0.2) is 25.5 Å². The van der Waals surface area contributed by atoms with Gasteiger partial charge in [-0.2, -0.15) is 0 Å². The first kappa shape index (κ1) is 8.10. The monoisotopic (exact) mass is 136 g/mol. The van der Waals surface area contributed by atoms with Crippen molar-refractivity contribution >= 4 is 8.80 Å². The highest BCUT2D eigenvalue weighted by Crippen LogP contribution is 2.03. The Kier molecular flexibility index (Phi) is 3.23. The van der Waals surface area contributed by atoms with E-state index in [-0.39, 0.29) is 0 Å². The average molecular weight is 136 g/mol. The van der Waals surface area contributed by atoms with E-state index in [0.29, 0.717) is 6.04 Å². The zero-order chi connectivity index (χ0) is 6.62. The summed E-state index contributed by atoms with van der Waals surface area (Å²) >= 11 is 0. The number of hydrogen-bond donors (Lipinski definition) is 2.